The Balaban J connectivity index is 1.93. The summed E-state index contributed by atoms with van der Waals surface area (Å²) < 4.78 is 28.5. The molecule has 2 heterocycles. The lowest BCUT2D eigenvalue weighted by molar-refractivity contribution is 0.157. The first kappa shape index (κ1) is 16.2. The van der Waals surface area contributed by atoms with Crippen LogP contribution in [0.15, 0.2) is 0 Å². The van der Waals surface area contributed by atoms with E-state index in [1.165, 1.54) is 12.8 Å². The average Bonchev–Trinajstić information content (AvgIpc) is 2.48. The van der Waals surface area contributed by atoms with Crippen molar-refractivity contribution in [2.75, 3.05) is 32.8 Å². The first-order valence-electron chi connectivity index (χ1n) is 7.94. The van der Waals surface area contributed by atoms with Crippen LogP contribution in [0.25, 0.3) is 0 Å². The predicted octanol–water partition coefficient (Wildman–Crippen LogP) is 1.45. The first-order chi connectivity index (χ1) is 9.57. The second kappa shape index (κ2) is 7.20. The maximum atomic E-state index is 12.6. The van der Waals surface area contributed by atoms with Crippen molar-refractivity contribution in [3.8, 4) is 0 Å². The maximum absolute atomic E-state index is 12.6. The van der Waals surface area contributed by atoms with E-state index in [-0.39, 0.29) is 12.5 Å². The molecule has 0 saturated carbocycles. The van der Waals surface area contributed by atoms with Gasteiger partial charge in [0.15, 0.2) is 0 Å². The Labute approximate surface area is 123 Å². The van der Waals surface area contributed by atoms with Crippen molar-refractivity contribution in [2.24, 2.45) is 11.8 Å². The fourth-order valence-corrected chi connectivity index (χ4v) is 5.14. The highest BCUT2D eigenvalue weighted by Crippen LogP contribution is 2.26. The van der Waals surface area contributed by atoms with Crippen molar-refractivity contribution < 1.29 is 13.5 Å². The van der Waals surface area contributed by atoms with Crippen molar-refractivity contribution >= 4 is 10.2 Å². The third-order valence-electron chi connectivity index (χ3n) is 4.66. The molecule has 5 nitrogen and oxygen atoms in total. The minimum absolute atomic E-state index is 0.0879. The van der Waals surface area contributed by atoms with E-state index in [0.717, 1.165) is 25.7 Å². The van der Waals surface area contributed by atoms with Gasteiger partial charge in [0, 0.05) is 32.8 Å². The van der Waals surface area contributed by atoms with Crippen LogP contribution in [0.2, 0.25) is 0 Å². The number of hydrogen-bond acceptors (Lipinski definition) is 3. The van der Waals surface area contributed by atoms with Gasteiger partial charge in [0.25, 0.3) is 10.2 Å². The number of rotatable bonds is 5. The second-order valence-electron chi connectivity index (χ2n) is 6.19. The molecular formula is C14H28N2O3S. The van der Waals surface area contributed by atoms with Gasteiger partial charge in [-0.25, -0.2) is 0 Å². The van der Waals surface area contributed by atoms with Crippen molar-refractivity contribution in [1.29, 1.82) is 0 Å². The summed E-state index contributed by atoms with van der Waals surface area (Å²) in [5, 5.41) is 9.24. The van der Waals surface area contributed by atoms with Gasteiger partial charge in [0.2, 0.25) is 0 Å². The Bertz CT molecular complexity index is 391. The quantitative estimate of drug-likeness (QED) is 0.836. The molecule has 2 saturated heterocycles. The molecule has 1 unspecified atom stereocenters. The molecule has 0 aromatic rings. The zero-order chi connectivity index (χ0) is 14.6. The molecule has 2 aliphatic rings. The molecule has 1 N–H and O–H groups in total. The van der Waals surface area contributed by atoms with Crippen LogP contribution in [0.4, 0.5) is 0 Å². The monoisotopic (exact) mass is 304 g/mol. The molecule has 118 valence electrons. The van der Waals surface area contributed by atoms with Crippen LogP contribution in [-0.4, -0.2) is 54.9 Å². The van der Waals surface area contributed by atoms with Crippen molar-refractivity contribution in [1.82, 2.24) is 8.61 Å². The number of aliphatic hydroxyl groups is 1. The van der Waals surface area contributed by atoms with Crippen molar-refractivity contribution in [2.45, 2.75) is 45.4 Å². The number of aliphatic hydroxyl groups excluding tert-OH is 1. The largest absolute Gasteiger partial charge is 0.396 e. The van der Waals surface area contributed by atoms with Crippen LogP contribution in [0.3, 0.4) is 0 Å². The molecule has 0 aromatic heterocycles. The van der Waals surface area contributed by atoms with Crippen molar-refractivity contribution in [3.05, 3.63) is 0 Å². The lowest BCUT2D eigenvalue weighted by Gasteiger charge is -2.37. The molecule has 6 heteroatoms. The lowest BCUT2D eigenvalue weighted by Crippen LogP contribution is -2.50. The Morgan fingerprint density at radius 3 is 2.35 bits per heavy atom. The van der Waals surface area contributed by atoms with E-state index in [1.54, 1.807) is 8.61 Å². The summed E-state index contributed by atoms with van der Waals surface area (Å²) >= 11 is 0. The van der Waals surface area contributed by atoms with Gasteiger partial charge in [-0.2, -0.15) is 17.0 Å². The van der Waals surface area contributed by atoms with Gasteiger partial charge >= 0.3 is 0 Å². The summed E-state index contributed by atoms with van der Waals surface area (Å²) in [6.07, 6.45) is 6.17. The van der Waals surface area contributed by atoms with Gasteiger partial charge in [-0.1, -0.05) is 19.8 Å². The molecule has 0 aromatic carbocycles. The summed E-state index contributed by atoms with van der Waals surface area (Å²) in [4.78, 5) is 0. The van der Waals surface area contributed by atoms with Crippen LogP contribution in [0, 0.1) is 11.8 Å². The van der Waals surface area contributed by atoms with Crippen molar-refractivity contribution in [3.63, 3.8) is 0 Å². The van der Waals surface area contributed by atoms with E-state index < -0.39 is 10.2 Å². The minimum Gasteiger partial charge on any atom is -0.396 e. The van der Waals surface area contributed by atoms with Gasteiger partial charge in [-0.15, -0.1) is 0 Å². The van der Waals surface area contributed by atoms with Crippen LogP contribution in [0.5, 0.6) is 0 Å². The molecule has 2 aliphatic heterocycles. The standard InChI is InChI=1S/C14H28N2O3S/c1-2-4-13-6-9-15(10-7-13)20(18,19)16-8-3-5-14(11-16)12-17/h13-14,17H,2-12H2,1H3. The van der Waals surface area contributed by atoms with E-state index in [0.29, 0.717) is 32.1 Å². The summed E-state index contributed by atoms with van der Waals surface area (Å²) in [5.74, 6) is 0.800. The van der Waals surface area contributed by atoms with Gasteiger partial charge < -0.3 is 5.11 Å². The summed E-state index contributed by atoms with van der Waals surface area (Å²) in [5.41, 5.74) is 0. The number of nitrogens with zero attached hydrogens (tertiary/aromatic N) is 2. The maximum Gasteiger partial charge on any atom is 0.281 e. The smallest absolute Gasteiger partial charge is 0.281 e. The summed E-state index contributed by atoms with van der Waals surface area (Å²) in [7, 11) is -3.31. The number of piperidine rings is 2. The van der Waals surface area contributed by atoms with Gasteiger partial charge in [-0.3, -0.25) is 0 Å². The van der Waals surface area contributed by atoms with E-state index >= 15 is 0 Å². The topological polar surface area (TPSA) is 60.9 Å². The highest BCUT2D eigenvalue weighted by atomic mass is 32.2. The zero-order valence-corrected chi connectivity index (χ0v) is 13.3. The summed E-state index contributed by atoms with van der Waals surface area (Å²) in [6, 6.07) is 0. The third-order valence-corrected chi connectivity index (χ3v) is 6.66. The highest BCUT2D eigenvalue weighted by molar-refractivity contribution is 7.86. The zero-order valence-electron chi connectivity index (χ0n) is 12.5. The Morgan fingerprint density at radius 1 is 1.05 bits per heavy atom. The Kier molecular flexibility index (Phi) is 5.84. The van der Waals surface area contributed by atoms with Crippen LogP contribution in [0.1, 0.15) is 45.4 Å². The molecular weight excluding hydrogens is 276 g/mol. The number of hydrogen-bond donors (Lipinski definition) is 1. The molecule has 0 aliphatic carbocycles. The normalized spacial score (nSPS) is 27.8. The molecule has 1 atom stereocenters. The van der Waals surface area contributed by atoms with Crippen LogP contribution >= 0.6 is 0 Å². The van der Waals surface area contributed by atoms with Crippen LogP contribution < -0.4 is 0 Å². The molecule has 2 fully saturated rings. The molecule has 2 rings (SSSR count). The SMILES string of the molecule is CCCC1CCN(S(=O)(=O)N2CCCC(CO)C2)CC1. The molecule has 0 radical (unpaired) electrons. The van der Waals surface area contributed by atoms with Gasteiger partial charge in [0.1, 0.15) is 0 Å². The highest BCUT2D eigenvalue weighted by Gasteiger charge is 2.35. The van der Waals surface area contributed by atoms with E-state index in [9.17, 15) is 13.5 Å². The minimum atomic E-state index is -3.31. The Morgan fingerprint density at radius 2 is 1.75 bits per heavy atom. The molecule has 0 bridgehead atoms. The van der Waals surface area contributed by atoms with E-state index in [1.807, 2.05) is 0 Å². The molecule has 0 amide bonds. The Hall–Kier alpha value is -0.170. The second-order valence-corrected chi connectivity index (χ2v) is 8.12. The van der Waals surface area contributed by atoms with E-state index in [4.69, 9.17) is 0 Å². The predicted molar refractivity (Wildman–Crippen MR) is 79.5 cm³/mol. The van der Waals surface area contributed by atoms with E-state index in [2.05, 4.69) is 6.92 Å². The fourth-order valence-electron chi connectivity index (χ4n) is 3.39. The first-order valence-corrected chi connectivity index (χ1v) is 9.33. The van der Waals surface area contributed by atoms with Gasteiger partial charge in [-0.05, 0) is 37.5 Å². The van der Waals surface area contributed by atoms with Gasteiger partial charge in [0.05, 0.1) is 0 Å². The fraction of sp³-hybridized carbons (Fsp3) is 1.00. The molecule has 0 spiro atoms. The molecule has 20 heavy (non-hydrogen) atoms. The van der Waals surface area contributed by atoms with Crippen LogP contribution in [-0.2, 0) is 10.2 Å². The average molecular weight is 304 g/mol. The lowest BCUT2D eigenvalue weighted by atomic mass is 9.94. The summed E-state index contributed by atoms with van der Waals surface area (Å²) in [6.45, 7) is 4.68. The third kappa shape index (κ3) is 3.72.